The molecule has 0 fully saturated rings. The van der Waals surface area contributed by atoms with E-state index in [1.54, 1.807) is 12.1 Å². The summed E-state index contributed by atoms with van der Waals surface area (Å²) in [6.45, 7) is 0. The van der Waals surface area contributed by atoms with E-state index in [0.717, 1.165) is 19.1 Å². The van der Waals surface area contributed by atoms with E-state index in [-0.39, 0.29) is 5.65 Å². The quantitative estimate of drug-likeness (QED) is 0.507. The molecule has 4 aromatic rings. The molecule has 0 amide bonds. The number of benzene rings is 1. The van der Waals surface area contributed by atoms with Gasteiger partial charge in [0.2, 0.25) is 5.82 Å². The van der Waals surface area contributed by atoms with E-state index in [9.17, 15) is 8.78 Å². The van der Waals surface area contributed by atoms with Crippen LogP contribution in [-0.4, -0.2) is 24.8 Å². The maximum Gasteiger partial charge on any atom is 0.383 e. The lowest BCUT2D eigenvalue weighted by Crippen LogP contribution is -2.11. The van der Waals surface area contributed by atoms with Crippen molar-refractivity contribution < 1.29 is 8.78 Å². The lowest BCUT2D eigenvalue weighted by molar-refractivity contribution is 0.0818. The Morgan fingerprint density at radius 2 is 1.96 bits per heavy atom. The van der Waals surface area contributed by atoms with E-state index in [1.165, 1.54) is 23.1 Å². The van der Waals surface area contributed by atoms with Crippen molar-refractivity contribution in [1.29, 1.82) is 0 Å². The molecule has 3 aromatic heterocycles. The molecule has 0 atom stereocenters. The zero-order valence-corrected chi connectivity index (χ0v) is 13.5. The molecule has 0 unspecified atom stereocenters. The molecule has 0 radical (unpaired) electrons. The highest BCUT2D eigenvalue weighted by Gasteiger charge is 2.35. The second-order valence-corrected chi connectivity index (χ2v) is 7.29. The van der Waals surface area contributed by atoms with Gasteiger partial charge in [-0.15, -0.1) is 21.5 Å². The molecule has 0 saturated heterocycles. The monoisotopic (exact) mass is 369 g/mol. The van der Waals surface area contributed by atoms with Gasteiger partial charge in [0.15, 0.2) is 9.99 Å². The Balaban J connectivity index is 1.74. The molecule has 3 heterocycles. The van der Waals surface area contributed by atoms with Crippen molar-refractivity contribution in [2.24, 2.45) is 0 Å². The molecule has 0 bridgehead atoms. The van der Waals surface area contributed by atoms with Gasteiger partial charge in [0.1, 0.15) is 5.03 Å². The first-order valence-corrected chi connectivity index (χ1v) is 8.35. The van der Waals surface area contributed by atoms with E-state index in [0.29, 0.717) is 5.03 Å². The van der Waals surface area contributed by atoms with Crippen molar-refractivity contribution in [2.75, 3.05) is 0 Å². The van der Waals surface area contributed by atoms with Gasteiger partial charge in [-0.05, 0) is 47.6 Å². The molecular weight excluding hydrogens is 364 g/mol. The maximum absolute atomic E-state index is 13.3. The minimum Gasteiger partial charge on any atom is -0.229 e. The molecule has 5 nitrogen and oxygen atoms in total. The summed E-state index contributed by atoms with van der Waals surface area (Å²) in [5.41, 5.74) is 1.09. The van der Waals surface area contributed by atoms with E-state index < -0.39 is 11.2 Å². The predicted octanol–water partition coefficient (Wildman–Crippen LogP) is 4.17. The molecule has 0 aliphatic carbocycles. The molecule has 23 heavy (non-hydrogen) atoms. The Morgan fingerprint density at radius 1 is 1.13 bits per heavy atom. The third-order valence-corrected chi connectivity index (χ3v) is 5.15. The lowest BCUT2D eigenvalue weighted by Gasteiger charge is -2.05. The average molecular weight is 370 g/mol. The van der Waals surface area contributed by atoms with Crippen LogP contribution in [-0.2, 0) is 5.38 Å². The molecule has 10 heteroatoms. The summed E-state index contributed by atoms with van der Waals surface area (Å²) in [7, 11) is 0. The van der Waals surface area contributed by atoms with Gasteiger partial charge in [-0.25, -0.2) is 4.98 Å². The standard InChI is InChI=1S/C13H6ClF2N5S2/c14-13(15,16)11-19-18-9-5-6-10(20-21(9)11)23-12-17-7-3-1-2-4-8(7)22-12/h1-6H. The number of thiazole rings is 1. The third kappa shape index (κ3) is 2.75. The van der Waals surface area contributed by atoms with Crippen LogP contribution < -0.4 is 0 Å². The van der Waals surface area contributed by atoms with Crippen LogP contribution in [0.4, 0.5) is 8.78 Å². The van der Waals surface area contributed by atoms with Gasteiger partial charge in [-0.3, -0.25) is 0 Å². The summed E-state index contributed by atoms with van der Waals surface area (Å²) in [6.07, 6.45) is 0. The fourth-order valence-electron chi connectivity index (χ4n) is 1.99. The van der Waals surface area contributed by atoms with Crippen LogP contribution in [0, 0.1) is 0 Å². The normalized spacial score (nSPS) is 12.3. The van der Waals surface area contributed by atoms with Gasteiger partial charge in [-0.2, -0.15) is 18.4 Å². The fourth-order valence-corrected chi connectivity index (χ4v) is 4.08. The zero-order chi connectivity index (χ0) is 16.0. The summed E-state index contributed by atoms with van der Waals surface area (Å²) < 4.78 is 29.4. The number of rotatable bonds is 3. The Hall–Kier alpha value is -1.84. The second-order valence-electron chi connectivity index (χ2n) is 4.51. The van der Waals surface area contributed by atoms with Crippen LogP contribution in [0.15, 0.2) is 45.8 Å². The summed E-state index contributed by atoms with van der Waals surface area (Å²) in [4.78, 5) is 4.47. The third-order valence-electron chi connectivity index (χ3n) is 2.96. The molecule has 116 valence electrons. The van der Waals surface area contributed by atoms with Crippen molar-refractivity contribution in [3.8, 4) is 0 Å². The summed E-state index contributed by atoms with van der Waals surface area (Å²) in [6, 6.07) is 11.0. The number of fused-ring (bicyclic) bond motifs is 2. The number of halogens is 3. The molecule has 4 rings (SSSR count). The van der Waals surface area contributed by atoms with Crippen molar-refractivity contribution in [2.45, 2.75) is 14.7 Å². The minimum absolute atomic E-state index is 0.203. The van der Waals surface area contributed by atoms with Gasteiger partial charge in [0.25, 0.3) is 0 Å². The molecule has 0 saturated carbocycles. The van der Waals surface area contributed by atoms with Crippen LogP contribution in [0.1, 0.15) is 5.82 Å². The Bertz CT molecular complexity index is 977. The van der Waals surface area contributed by atoms with Crippen LogP contribution in [0.2, 0.25) is 0 Å². The predicted molar refractivity (Wildman–Crippen MR) is 84.3 cm³/mol. The highest BCUT2D eigenvalue weighted by molar-refractivity contribution is 8.01. The van der Waals surface area contributed by atoms with Gasteiger partial charge >= 0.3 is 5.38 Å². The Morgan fingerprint density at radius 3 is 2.74 bits per heavy atom. The summed E-state index contributed by atoms with van der Waals surface area (Å²) in [5.74, 6) is -0.707. The van der Waals surface area contributed by atoms with E-state index >= 15 is 0 Å². The molecular formula is C13H6ClF2N5S2. The molecule has 0 N–H and O–H groups in total. The SMILES string of the molecule is FC(F)(Cl)c1nnc2ccc(Sc3nc4ccccc4s3)nn12. The number of nitrogens with zero attached hydrogens (tertiary/aromatic N) is 5. The van der Waals surface area contributed by atoms with Crippen molar-refractivity contribution in [1.82, 2.24) is 24.8 Å². The number of hydrogen-bond donors (Lipinski definition) is 0. The van der Waals surface area contributed by atoms with Crippen molar-refractivity contribution >= 4 is 50.6 Å². The van der Waals surface area contributed by atoms with Gasteiger partial charge in [-0.1, -0.05) is 12.1 Å². The number of hydrogen-bond acceptors (Lipinski definition) is 6. The van der Waals surface area contributed by atoms with E-state index in [4.69, 9.17) is 11.6 Å². The largest absolute Gasteiger partial charge is 0.383 e. The Labute approximate surface area is 141 Å². The van der Waals surface area contributed by atoms with Crippen molar-refractivity contribution in [3.63, 3.8) is 0 Å². The van der Waals surface area contributed by atoms with Gasteiger partial charge in [0, 0.05) is 0 Å². The topological polar surface area (TPSA) is 56.0 Å². The molecule has 1 aromatic carbocycles. The van der Waals surface area contributed by atoms with Crippen molar-refractivity contribution in [3.05, 3.63) is 42.2 Å². The first kappa shape index (κ1) is 14.7. The number of aromatic nitrogens is 5. The fraction of sp³-hybridized carbons (Fsp3) is 0.0769. The minimum atomic E-state index is -3.63. The second kappa shape index (κ2) is 5.36. The van der Waals surface area contributed by atoms with Gasteiger partial charge < -0.3 is 0 Å². The Kier molecular flexibility index (Phi) is 3.43. The highest BCUT2D eigenvalue weighted by Crippen LogP contribution is 2.34. The average Bonchev–Trinajstić information content (AvgIpc) is 3.09. The summed E-state index contributed by atoms with van der Waals surface area (Å²) >= 11 is 7.82. The molecule has 0 spiro atoms. The lowest BCUT2D eigenvalue weighted by atomic mass is 10.3. The number of para-hydroxylation sites is 1. The van der Waals surface area contributed by atoms with Crippen LogP contribution in [0.5, 0.6) is 0 Å². The van der Waals surface area contributed by atoms with Crippen LogP contribution >= 0.6 is 34.7 Å². The van der Waals surface area contributed by atoms with Crippen LogP contribution in [0.3, 0.4) is 0 Å². The van der Waals surface area contributed by atoms with E-state index in [1.807, 2.05) is 24.3 Å². The first-order valence-electron chi connectivity index (χ1n) is 6.34. The smallest absolute Gasteiger partial charge is 0.229 e. The first-order chi connectivity index (χ1) is 11.0. The molecule has 0 aliphatic heterocycles. The highest BCUT2D eigenvalue weighted by atomic mass is 35.5. The number of alkyl halides is 3. The zero-order valence-electron chi connectivity index (χ0n) is 11.2. The summed E-state index contributed by atoms with van der Waals surface area (Å²) in [5, 5.41) is 8.02. The molecule has 0 aliphatic rings. The van der Waals surface area contributed by atoms with Crippen LogP contribution in [0.25, 0.3) is 15.9 Å². The maximum atomic E-state index is 13.3. The van der Waals surface area contributed by atoms with Gasteiger partial charge in [0.05, 0.1) is 10.2 Å². The van der Waals surface area contributed by atoms with E-state index in [2.05, 4.69) is 20.3 Å².